The van der Waals surface area contributed by atoms with Gasteiger partial charge in [-0.05, 0) is 18.1 Å². The molecule has 23 heavy (non-hydrogen) atoms. The summed E-state index contributed by atoms with van der Waals surface area (Å²) in [5.41, 5.74) is -0.615. The molecule has 1 heterocycles. The van der Waals surface area contributed by atoms with Crippen molar-refractivity contribution in [2.24, 2.45) is 0 Å². The lowest BCUT2D eigenvalue weighted by Crippen LogP contribution is -2.35. The van der Waals surface area contributed by atoms with Crippen molar-refractivity contribution in [2.45, 2.75) is 24.7 Å². The van der Waals surface area contributed by atoms with Crippen LogP contribution in [0.1, 0.15) is 23.6 Å². The molecular weight excluding hydrogens is 333 g/mol. The van der Waals surface area contributed by atoms with Crippen LogP contribution in [-0.2, 0) is 16.2 Å². The zero-order valence-corrected chi connectivity index (χ0v) is 13.4. The van der Waals surface area contributed by atoms with Crippen LogP contribution in [0.5, 0.6) is 0 Å². The van der Waals surface area contributed by atoms with E-state index in [0.29, 0.717) is 0 Å². The van der Waals surface area contributed by atoms with Crippen LogP contribution in [0, 0.1) is 0 Å². The summed E-state index contributed by atoms with van der Waals surface area (Å²) in [6, 6.07) is 4.69. The molecule has 0 amide bonds. The summed E-state index contributed by atoms with van der Waals surface area (Å²) in [4.78, 5) is 1.67. The Morgan fingerprint density at radius 3 is 2.61 bits per heavy atom. The Morgan fingerprint density at radius 2 is 2.00 bits per heavy atom. The Bertz CT molecular complexity index is 649. The van der Waals surface area contributed by atoms with E-state index in [1.165, 1.54) is 18.2 Å². The average molecular weight is 352 g/mol. The highest BCUT2D eigenvalue weighted by Gasteiger charge is 2.39. The molecule has 0 saturated carbocycles. The predicted octanol–water partition coefficient (Wildman–Crippen LogP) is 1.36. The van der Waals surface area contributed by atoms with E-state index in [4.69, 9.17) is 0 Å². The Balaban J connectivity index is 2.20. The van der Waals surface area contributed by atoms with Gasteiger partial charge >= 0.3 is 6.18 Å². The number of rotatable bonds is 5. The zero-order chi connectivity index (χ0) is 17.3. The number of nitrogens with one attached hydrogen (secondary N) is 1. The van der Waals surface area contributed by atoms with E-state index in [-0.39, 0.29) is 31.6 Å². The molecule has 0 aliphatic carbocycles. The summed E-state index contributed by atoms with van der Waals surface area (Å²) in [5, 5.41) is 9.82. The molecule has 130 valence electrons. The highest BCUT2D eigenvalue weighted by atomic mass is 32.2. The third kappa shape index (κ3) is 4.90. The second kappa shape index (κ2) is 6.76. The average Bonchev–Trinajstić information content (AvgIpc) is 2.77. The van der Waals surface area contributed by atoms with Gasteiger partial charge in [0, 0.05) is 25.7 Å². The SMILES string of the molecule is CS(=O)(=O)NCCN1CC(O)CC1c1ccccc1C(F)(F)F. The van der Waals surface area contributed by atoms with Gasteiger partial charge in [0.05, 0.1) is 17.9 Å². The third-order valence-corrected chi connectivity index (χ3v) is 4.50. The molecule has 0 bridgehead atoms. The van der Waals surface area contributed by atoms with Gasteiger partial charge in [0.1, 0.15) is 0 Å². The minimum Gasteiger partial charge on any atom is -0.392 e. The highest BCUT2D eigenvalue weighted by molar-refractivity contribution is 7.88. The fourth-order valence-electron chi connectivity index (χ4n) is 2.87. The molecule has 2 unspecified atom stereocenters. The normalized spacial score (nSPS) is 23.3. The van der Waals surface area contributed by atoms with Crippen LogP contribution in [0.3, 0.4) is 0 Å². The van der Waals surface area contributed by atoms with Crippen LogP contribution >= 0.6 is 0 Å². The summed E-state index contributed by atoms with van der Waals surface area (Å²) in [7, 11) is -3.36. The summed E-state index contributed by atoms with van der Waals surface area (Å²) in [6.45, 7) is 0.513. The van der Waals surface area contributed by atoms with Crippen molar-refractivity contribution >= 4 is 10.0 Å². The maximum Gasteiger partial charge on any atom is 0.416 e. The van der Waals surface area contributed by atoms with Crippen LogP contribution in [-0.4, -0.2) is 50.4 Å². The minimum absolute atomic E-state index is 0.0796. The quantitative estimate of drug-likeness (QED) is 0.840. The molecule has 1 aromatic rings. The van der Waals surface area contributed by atoms with Crippen molar-refractivity contribution in [3.63, 3.8) is 0 Å². The van der Waals surface area contributed by atoms with Gasteiger partial charge in [-0.3, -0.25) is 4.90 Å². The molecule has 0 aromatic heterocycles. The number of aliphatic hydroxyl groups is 1. The zero-order valence-electron chi connectivity index (χ0n) is 12.5. The number of hydrogen-bond donors (Lipinski definition) is 2. The van der Waals surface area contributed by atoms with E-state index in [0.717, 1.165) is 12.3 Å². The molecule has 9 heteroatoms. The monoisotopic (exact) mass is 352 g/mol. The van der Waals surface area contributed by atoms with E-state index in [9.17, 15) is 26.7 Å². The van der Waals surface area contributed by atoms with E-state index in [1.54, 1.807) is 4.90 Å². The standard InChI is InChI=1S/C14H19F3N2O3S/c1-23(21,22)18-6-7-19-9-10(20)8-13(19)11-4-2-3-5-12(11)14(15,16)17/h2-5,10,13,18,20H,6-9H2,1H3. The highest BCUT2D eigenvalue weighted by Crippen LogP contribution is 2.40. The molecule has 1 aliphatic heterocycles. The second-order valence-corrected chi connectivity index (χ2v) is 7.48. The number of benzene rings is 1. The smallest absolute Gasteiger partial charge is 0.392 e. The molecule has 1 saturated heterocycles. The first kappa shape index (κ1) is 18.2. The van der Waals surface area contributed by atoms with Crippen LogP contribution < -0.4 is 4.72 Å². The summed E-state index contributed by atoms with van der Waals surface area (Å²) in [6.07, 6.45) is -4.01. The van der Waals surface area contributed by atoms with E-state index in [2.05, 4.69) is 4.72 Å². The van der Waals surface area contributed by atoms with Crippen LogP contribution in [0.4, 0.5) is 13.2 Å². The van der Waals surface area contributed by atoms with E-state index in [1.807, 2.05) is 0 Å². The Labute approximate surface area is 133 Å². The number of halogens is 3. The number of β-amino-alcohol motifs (C(OH)–C–C–N with tert-alkyl or cyclic N) is 1. The molecule has 2 N–H and O–H groups in total. The first-order valence-corrected chi connectivity index (χ1v) is 9.00. The lowest BCUT2D eigenvalue weighted by Gasteiger charge is -2.26. The Kier molecular flexibility index (Phi) is 5.34. The van der Waals surface area contributed by atoms with Gasteiger partial charge < -0.3 is 5.11 Å². The Hall–Kier alpha value is -1.16. The number of nitrogens with zero attached hydrogens (tertiary/aromatic N) is 1. The first-order valence-electron chi connectivity index (χ1n) is 7.11. The molecule has 0 radical (unpaired) electrons. The molecule has 1 aromatic carbocycles. The third-order valence-electron chi connectivity index (χ3n) is 3.77. The van der Waals surface area contributed by atoms with Crippen molar-refractivity contribution in [3.8, 4) is 0 Å². The Morgan fingerprint density at radius 1 is 1.35 bits per heavy atom. The molecule has 2 atom stereocenters. The number of sulfonamides is 1. The minimum atomic E-state index is -4.47. The molecule has 0 spiro atoms. The lowest BCUT2D eigenvalue weighted by atomic mass is 9.97. The van der Waals surface area contributed by atoms with Crippen LogP contribution in [0.25, 0.3) is 0 Å². The summed E-state index contributed by atoms with van der Waals surface area (Å²) in [5.74, 6) is 0. The van der Waals surface area contributed by atoms with E-state index >= 15 is 0 Å². The van der Waals surface area contributed by atoms with Gasteiger partial charge in [-0.2, -0.15) is 13.2 Å². The van der Waals surface area contributed by atoms with Gasteiger partial charge in [0.2, 0.25) is 10.0 Å². The first-order chi connectivity index (χ1) is 10.6. The maximum absolute atomic E-state index is 13.2. The summed E-state index contributed by atoms with van der Waals surface area (Å²) >= 11 is 0. The predicted molar refractivity (Wildman–Crippen MR) is 79.2 cm³/mol. The molecule has 1 fully saturated rings. The van der Waals surface area contributed by atoms with Crippen molar-refractivity contribution in [1.29, 1.82) is 0 Å². The number of hydrogen-bond acceptors (Lipinski definition) is 4. The van der Waals surface area contributed by atoms with Crippen LogP contribution in [0.2, 0.25) is 0 Å². The van der Waals surface area contributed by atoms with E-state index < -0.39 is 33.9 Å². The molecule has 2 rings (SSSR count). The van der Waals surface area contributed by atoms with Crippen molar-refractivity contribution < 1.29 is 26.7 Å². The fourth-order valence-corrected chi connectivity index (χ4v) is 3.33. The van der Waals surface area contributed by atoms with Gasteiger partial charge in [-0.1, -0.05) is 18.2 Å². The topological polar surface area (TPSA) is 69.6 Å². The van der Waals surface area contributed by atoms with Crippen molar-refractivity contribution in [3.05, 3.63) is 35.4 Å². The van der Waals surface area contributed by atoms with Crippen molar-refractivity contribution in [1.82, 2.24) is 9.62 Å². The number of aliphatic hydroxyl groups excluding tert-OH is 1. The number of likely N-dealkylation sites (tertiary alicyclic amines) is 1. The molecular formula is C14H19F3N2O3S. The van der Waals surface area contributed by atoms with Gasteiger partial charge in [0.15, 0.2) is 0 Å². The number of alkyl halides is 3. The van der Waals surface area contributed by atoms with Crippen LogP contribution in [0.15, 0.2) is 24.3 Å². The lowest BCUT2D eigenvalue weighted by molar-refractivity contribution is -0.138. The summed E-state index contributed by atoms with van der Waals surface area (Å²) < 4.78 is 63.9. The fraction of sp³-hybridized carbons (Fsp3) is 0.571. The van der Waals surface area contributed by atoms with Crippen molar-refractivity contribution in [2.75, 3.05) is 25.9 Å². The van der Waals surface area contributed by atoms with Gasteiger partial charge in [-0.25, -0.2) is 13.1 Å². The van der Waals surface area contributed by atoms with Gasteiger partial charge in [-0.15, -0.1) is 0 Å². The molecule has 1 aliphatic rings. The second-order valence-electron chi connectivity index (χ2n) is 5.65. The largest absolute Gasteiger partial charge is 0.416 e. The maximum atomic E-state index is 13.2. The van der Waals surface area contributed by atoms with Gasteiger partial charge in [0.25, 0.3) is 0 Å². The molecule has 5 nitrogen and oxygen atoms in total.